The van der Waals surface area contributed by atoms with Gasteiger partial charge in [0, 0.05) is 40.3 Å². The molecule has 2 rings (SSSR count). The zero-order chi connectivity index (χ0) is 14.2. The Labute approximate surface area is 121 Å². The fraction of sp³-hybridized carbons (Fsp3) is 0.417. The lowest BCUT2D eigenvalue weighted by molar-refractivity contribution is -0.117. The summed E-state index contributed by atoms with van der Waals surface area (Å²) in [7, 11) is 1.64. The summed E-state index contributed by atoms with van der Waals surface area (Å²) in [6.07, 6.45) is 0.192. The van der Waals surface area contributed by atoms with Crippen molar-refractivity contribution < 1.29 is 13.2 Å². The van der Waals surface area contributed by atoms with E-state index in [0.717, 1.165) is 11.3 Å². The molecule has 0 spiro atoms. The van der Waals surface area contributed by atoms with Crippen molar-refractivity contribution in [3.63, 3.8) is 0 Å². The lowest BCUT2D eigenvalue weighted by atomic mass is 10.1. The minimum absolute atomic E-state index is 0.101. The quantitative estimate of drug-likeness (QED) is 0.804. The summed E-state index contributed by atoms with van der Waals surface area (Å²) in [6.45, 7) is 2.18. The van der Waals surface area contributed by atoms with Crippen LogP contribution in [0.1, 0.15) is 12.0 Å². The Hall–Kier alpha value is -0.780. The molecular formula is C12H13Cl2NO3S. The number of hydrogen-bond donors (Lipinski definition) is 0. The maximum Gasteiger partial charge on any atom is 0.232 e. The SMILES string of the molecule is Cc1c(Cl)cccc1N1CC(CS(=O)(=O)Cl)CC1=O. The first-order valence-corrected chi connectivity index (χ1v) is 8.61. The molecular weight excluding hydrogens is 309 g/mol. The first-order valence-electron chi connectivity index (χ1n) is 5.76. The zero-order valence-corrected chi connectivity index (χ0v) is 12.6. The Morgan fingerprint density at radius 3 is 2.74 bits per heavy atom. The zero-order valence-electron chi connectivity index (χ0n) is 10.3. The number of nitrogens with zero attached hydrogens (tertiary/aromatic N) is 1. The third kappa shape index (κ3) is 3.41. The van der Waals surface area contributed by atoms with E-state index in [1.807, 2.05) is 6.92 Å². The molecule has 0 N–H and O–H groups in total. The number of rotatable bonds is 3. The number of halogens is 2. The van der Waals surface area contributed by atoms with Gasteiger partial charge in [0.25, 0.3) is 0 Å². The van der Waals surface area contributed by atoms with Gasteiger partial charge in [-0.15, -0.1) is 0 Å². The molecule has 104 valence electrons. The normalized spacial score (nSPS) is 20.1. The maximum atomic E-state index is 12.0. The third-order valence-electron chi connectivity index (χ3n) is 3.17. The van der Waals surface area contributed by atoms with Gasteiger partial charge in [-0.2, -0.15) is 0 Å². The van der Waals surface area contributed by atoms with E-state index in [9.17, 15) is 13.2 Å². The van der Waals surface area contributed by atoms with Gasteiger partial charge in [-0.25, -0.2) is 8.42 Å². The summed E-state index contributed by atoms with van der Waals surface area (Å²) in [5.41, 5.74) is 1.54. The van der Waals surface area contributed by atoms with E-state index in [2.05, 4.69) is 0 Å². The van der Waals surface area contributed by atoms with Gasteiger partial charge in [0.05, 0.1) is 5.75 Å². The van der Waals surface area contributed by atoms with Crippen LogP contribution in [0.25, 0.3) is 0 Å². The fourth-order valence-corrected chi connectivity index (χ4v) is 3.79. The van der Waals surface area contributed by atoms with Crippen LogP contribution in [0.5, 0.6) is 0 Å². The van der Waals surface area contributed by atoms with E-state index in [0.29, 0.717) is 11.6 Å². The highest BCUT2D eigenvalue weighted by Gasteiger charge is 2.33. The van der Waals surface area contributed by atoms with Crippen molar-refractivity contribution in [3.8, 4) is 0 Å². The highest BCUT2D eigenvalue weighted by atomic mass is 35.7. The summed E-state index contributed by atoms with van der Waals surface area (Å²) in [4.78, 5) is 13.6. The predicted octanol–water partition coefficient (Wildman–Crippen LogP) is 2.57. The molecule has 1 heterocycles. The molecule has 1 fully saturated rings. The maximum absolute atomic E-state index is 12.0. The molecule has 1 amide bonds. The summed E-state index contributed by atoms with van der Waals surface area (Å²) in [5, 5.41) is 0.582. The monoisotopic (exact) mass is 321 g/mol. The van der Waals surface area contributed by atoms with Crippen LogP contribution in [0.3, 0.4) is 0 Å². The van der Waals surface area contributed by atoms with Crippen molar-refractivity contribution >= 4 is 42.9 Å². The van der Waals surface area contributed by atoms with Gasteiger partial charge in [-0.3, -0.25) is 4.79 Å². The molecule has 1 aliphatic rings. The number of benzene rings is 1. The summed E-state index contributed by atoms with van der Waals surface area (Å²) >= 11 is 6.03. The van der Waals surface area contributed by atoms with Crippen LogP contribution in [0, 0.1) is 12.8 Å². The molecule has 0 aliphatic carbocycles. The van der Waals surface area contributed by atoms with Gasteiger partial charge < -0.3 is 4.90 Å². The molecule has 0 saturated carbocycles. The van der Waals surface area contributed by atoms with Crippen molar-refractivity contribution in [3.05, 3.63) is 28.8 Å². The standard InChI is InChI=1S/C12H13Cl2NO3S/c1-8-10(13)3-2-4-11(8)15-6-9(5-12(15)16)7-19(14,17)18/h2-4,9H,5-7H2,1H3. The van der Waals surface area contributed by atoms with Crippen molar-refractivity contribution in [2.75, 3.05) is 17.2 Å². The van der Waals surface area contributed by atoms with Crippen LogP contribution < -0.4 is 4.90 Å². The number of amides is 1. The van der Waals surface area contributed by atoms with E-state index in [1.165, 1.54) is 0 Å². The van der Waals surface area contributed by atoms with E-state index in [-0.39, 0.29) is 24.0 Å². The van der Waals surface area contributed by atoms with Gasteiger partial charge >= 0.3 is 0 Å². The van der Waals surface area contributed by atoms with Crippen LogP contribution in [0.2, 0.25) is 5.02 Å². The van der Waals surface area contributed by atoms with Crippen molar-refractivity contribution in [1.29, 1.82) is 0 Å². The van der Waals surface area contributed by atoms with Gasteiger partial charge in [0.2, 0.25) is 15.0 Å². The van der Waals surface area contributed by atoms with E-state index in [1.54, 1.807) is 23.1 Å². The van der Waals surface area contributed by atoms with Crippen molar-refractivity contribution in [2.24, 2.45) is 5.92 Å². The molecule has 1 unspecified atom stereocenters. The average molecular weight is 322 g/mol. The highest BCUT2D eigenvalue weighted by molar-refractivity contribution is 8.13. The second-order valence-electron chi connectivity index (χ2n) is 4.66. The lowest BCUT2D eigenvalue weighted by Crippen LogP contribution is -2.26. The number of carbonyl (C=O) groups excluding carboxylic acids is 1. The molecule has 1 saturated heterocycles. The van der Waals surface area contributed by atoms with Gasteiger partial charge in [0.1, 0.15) is 0 Å². The van der Waals surface area contributed by atoms with Crippen LogP contribution in [-0.2, 0) is 13.8 Å². The number of carbonyl (C=O) groups is 1. The van der Waals surface area contributed by atoms with Crippen LogP contribution in [0.4, 0.5) is 5.69 Å². The predicted molar refractivity (Wildman–Crippen MR) is 76.3 cm³/mol. The molecule has 0 aromatic heterocycles. The summed E-state index contributed by atoms with van der Waals surface area (Å²) in [5.74, 6) is -0.555. The molecule has 7 heteroatoms. The Morgan fingerprint density at radius 1 is 1.42 bits per heavy atom. The molecule has 1 aromatic rings. The molecule has 1 aliphatic heterocycles. The first-order chi connectivity index (χ1) is 8.78. The van der Waals surface area contributed by atoms with E-state index in [4.69, 9.17) is 22.3 Å². The summed E-state index contributed by atoms with van der Waals surface area (Å²) < 4.78 is 22.1. The van der Waals surface area contributed by atoms with Crippen LogP contribution in [0.15, 0.2) is 18.2 Å². The third-order valence-corrected chi connectivity index (χ3v) is 4.83. The molecule has 1 atom stereocenters. The number of anilines is 1. The van der Waals surface area contributed by atoms with E-state index < -0.39 is 9.05 Å². The molecule has 4 nitrogen and oxygen atoms in total. The van der Waals surface area contributed by atoms with Gasteiger partial charge in [-0.1, -0.05) is 17.7 Å². The van der Waals surface area contributed by atoms with Crippen molar-refractivity contribution in [2.45, 2.75) is 13.3 Å². The molecule has 0 bridgehead atoms. The van der Waals surface area contributed by atoms with E-state index >= 15 is 0 Å². The van der Waals surface area contributed by atoms with Gasteiger partial charge in [-0.05, 0) is 24.6 Å². The average Bonchev–Trinajstić information content (AvgIpc) is 2.61. The van der Waals surface area contributed by atoms with Crippen LogP contribution >= 0.6 is 22.3 Å². The Morgan fingerprint density at radius 2 is 2.11 bits per heavy atom. The first kappa shape index (κ1) is 14.6. The Balaban J connectivity index is 2.23. The lowest BCUT2D eigenvalue weighted by Gasteiger charge is -2.19. The largest absolute Gasteiger partial charge is 0.312 e. The fourth-order valence-electron chi connectivity index (χ4n) is 2.30. The number of hydrogen-bond acceptors (Lipinski definition) is 3. The second kappa shape index (κ2) is 5.31. The topological polar surface area (TPSA) is 54.5 Å². The second-order valence-corrected chi connectivity index (χ2v) is 7.89. The Bertz CT molecular complexity index is 615. The van der Waals surface area contributed by atoms with Gasteiger partial charge in [0.15, 0.2) is 0 Å². The summed E-state index contributed by atoms with van der Waals surface area (Å²) in [6, 6.07) is 5.32. The molecule has 19 heavy (non-hydrogen) atoms. The highest BCUT2D eigenvalue weighted by Crippen LogP contribution is 2.32. The molecule has 0 radical (unpaired) electrons. The van der Waals surface area contributed by atoms with Crippen LogP contribution in [-0.4, -0.2) is 26.6 Å². The minimum Gasteiger partial charge on any atom is -0.312 e. The smallest absolute Gasteiger partial charge is 0.232 e. The minimum atomic E-state index is -3.59. The molecule has 1 aromatic carbocycles. The van der Waals surface area contributed by atoms with Crippen molar-refractivity contribution in [1.82, 2.24) is 0 Å². The Kier molecular flexibility index (Phi) is 4.08.